The van der Waals surface area contributed by atoms with E-state index in [9.17, 15) is 4.79 Å². The maximum atomic E-state index is 12.0. The number of carbonyl (C=O) groups excluding carboxylic acids is 1. The summed E-state index contributed by atoms with van der Waals surface area (Å²) in [5.41, 5.74) is 2.27. The van der Waals surface area contributed by atoms with Crippen molar-refractivity contribution in [2.45, 2.75) is 13.8 Å². The molecule has 1 N–H and O–H groups in total. The van der Waals surface area contributed by atoms with E-state index in [4.69, 9.17) is 11.6 Å². The third-order valence-corrected chi connectivity index (χ3v) is 2.72. The van der Waals surface area contributed by atoms with Crippen molar-refractivity contribution in [2.24, 2.45) is 0 Å². The minimum absolute atomic E-state index is 0.221. The first-order valence-electron chi connectivity index (χ1n) is 4.77. The summed E-state index contributed by atoms with van der Waals surface area (Å²) in [5, 5.41) is 6.92. The van der Waals surface area contributed by atoms with E-state index in [0.717, 1.165) is 5.69 Å². The molecule has 0 aromatic carbocycles. The number of aromatic amines is 1. The molecule has 82 valence electrons. The second-order valence-corrected chi connectivity index (χ2v) is 3.91. The number of ketones is 1. The van der Waals surface area contributed by atoms with Gasteiger partial charge in [0.25, 0.3) is 0 Å². The van der Waals surface area contributed by atoms with Crippen LogP contribution in [0, 0.1) is 13.8 Å². The topological polar surface area (TPSA) is 58.6 Å². The normalized spacial score (nSPS) is 10.4. The van der Waals surface area contributed by atoms with Crippen molar-refractivity contribution in [2.75, 3.05) is 0 Å². The highest BCUT2D eigenvalue weighted by atomic mass is 35.5. The van der Waals surface area contributed by atoms with Crippen molar-refractivity contribution >= 4 is 17.4 Å². The van der Waals surface area contributed by atoms with Crippen molar-refractivity contribution < 1.29 is 4.79 Å². The van der Waals surface area contributed by atoms with Crippen LogP contribution in [0.4, 0.5) is 0 Å². The lowest BCUT2D eigenvalue weighted by Gasteiger charge is -1.98. The molecule has 0 atom stereocenters. The summed E-state index contributed by atoms with van der Waals surface area (Å²) in [6, 6.07) is 3.49. The number of carbonyl (C=O) groups is 1. The number of hydrogen-bond acceptors (Lipinski definition) is 3. The van der Waals surface area contributed by atoms with Gasteiger partial charge in [0.1, 0.15) is 0 Å². The largest absolute Gasteiger partial charge is 0.287 e. The molecule has 2 aromatic rings. The van der Waals surface area contributed by atoms with Crippen molar-refractivity contribution in [3.8, 4) is 0 Å². The van der Waals surface area contributed by atoms with Crippen LogP contribution in [0.5, 0.6) is 0 Å². The predicted molar refractivity (Wildman–Crippen MR) is 60.7 cm³/mol. The van der Waals surface area contributed by atoms with Gasteiger partial charge in [-0.2, -0.15) is 5.10 Å². The van der Waals surface area contributed by atoms with E-state index in [-0.39, 0.29) is 11.5 Å². The fraction of sp³-hybridized carbons (Fsp3) is 0.182. The molecule has 2 aromatic heterocycles. The van der Waals surface area contributed by atoms with Crippen LogP contribution in [-0.4, -0.2) is 21.0 Å². The van der Waals surface area contributed by atoms with E-state index >= 15 is 0 Å². The van der Waals surface area contributed by atoms with Crippen LogP contribution in [0.3, 0.4) is 0 Å². The van der Waals surface area contributed by atoms with Gasteiger partial charge in [0, 0.05) is 17.5 Å². The molecule has 2 heterocycles. The Kier molecular flexibility index (Phi) is 2.75. The highest BCUT2D eigenvalue weighted by Crippen LogP contribution is 2.20. The van der Waals surface area contributed by atoms with Crippen molar-refractivity contribution in [1.29, 1.82) is 0 Å². The molecule has 16 heavy (non-hydrogen) atoms. The van der Waals surface area contributed by atoms with Gasteiger partial charge in [-0.3, -0.25) is 14.9 Å². The number of aromatic nitrogens is 3. The zero-order valence-corrected chi connectivity index (χ0v) is 9.67. The van der Waals surface area contributed by atoms with Crippen molar-refractivity contribution in [1.82, 2.24) is 15.2 Å². The summed E-state index contributed by atoms with van der Waals surface area (Å²) in [6.07, 6.45) is 1.53. The summed E-state index contributed by atoms with van der Waals surface area (Å²) >= 11 is 5.95. The molecule has 2 rings (SSSR count). The number of hydrogen-bond donors (Lipinski definition) is 1. The molecular weight excluding hydrogens is 226 g/mol. The highest BCUT2D eigenvalue weighted by molar-refractivity contribution is 6.35. The first-order valence-corrected chi connectivity index (χ1v) is 5.15. The summed E-state index contributed by atoms with van der Waals surface area (Å²) < 4.78 is 0. The van der Waals surface area contributed by atoms with Gasteiger partial charge in [0.15, 0.2) is 5.69 Å². The van der Waals surface area contributed by atoms with Gasteiger partial charge in [-0.05, 0) is 26.0 Å². The fourth-order valence-electron chi connectivity index (χ4n) is 1.30. The molecule has 0 amide bonds. The molecule has 5 heteroatoms. The average Bonchev–Trinajstić information content (AvgIpc) is 2.60. The smallest absolute Gasteiger partial charge is 0.216 e. The van der Waals surface area contributed by atoms with Crippen LogP contribution in [0.15, 0.2) is 18.3 Å². The van der Waals surface area contributed by atoms with Gasteiger partial charge in [-0.25, -0.2) is 0 Å². The average molecular weight is 236 g/mol. The lowest BCUT2D eigenvalue weighted by atomic mass is 10.1. The molecule has 0 unspecified atom stereocenters. The summed E-state index contributed by atoms with van der Waals surface area (Å²) in [5.74, 6) is -0.221. The zero-order chi connectivity index (χ0) is 11.7. The Hall–Kier alpha value is -1.68. The Morgan fingerprint density at radius 2 is 2.12 bits per heavy atom. The summed E-state index contributed by atoms with van der Waals surface area (Å²) in [6.45, 7) is 3.62. The van der Waals surface area contributed by atoms with Crippen LogP contribution >= 0.6 is 11.6 Å². The molecular formula is C11H10ClN3O. The molecule has 0 radical (unpaired) electrons. The summed E-state index contributed by atoms with van der Waals surface area (Å²) in [7, 11) is 0. The Morgan fingerprint density at radius 3 is 2.62 bits per heavy atom. The number of nitrogens with zero attached hydrogens (tertiary/aromatic N) is 2. The van der Waals surface area contributed by atoms with Crippen LogP contribution in [-0.2, 0) is 0 Å². The second kappa shape index (κ2) is 4.06. The predicted octanol–water partition coefficient (Wildman–Crippen LogP) is 2.31. The van der Waals surface area contributed by atoms with E-state index in [2.05, 4.69) is 15.2 Å². The van der Waals surface area contributed by atoms with Gasteiger partial charge in [0.05, 0.1) is 10.7 Å². The maximum absolute atomic E-state index is 12.0. The Bertz CT molecular complexity index is 531. The summed E-state index contributed by atoms with van der Waals surface area (Å²) in [4.78, 5) is 16.0. The van der Waals surface area contributed by atoms with Crippen LogP contribution in [0.25, 0.3) is 0 Å². The van der Waals surface area contributed by atoms with Crippen LogP contribution in [0.2, 0.25) is 5.02 Å². The van der Waals surface area contributed by atoms with E-state index in [0.29, 0.717) is 16.3 Å². The number of pyridine rings is 1. The van der Waals surface area contributed by atoms with Gasteiger partial charge in [-0.15, -0.1) is 0 Å². The lowest BCUT2D eigenvalue weighted by molar-refractivity contribution is 0.103. The Balaban J connectivity index is 2.39. The van der Waals surface area contributed by atoms with E-state index in [1.54, 1.807) is 19.1 Å². The van der Waals surface area contributed by atoms with Crippen molar-refractivity contribution in [3.63, 3.8) is 0 Å². The molecule has 0 bridgehead atoms. The SMILES string of the molecule is Cc1ccc(C(=O)c2n[nH]c(C)c2Cl)cn1. The van der Waals surface area contributed by atoms with Gasteiger partial charge >= 0.3 is 0 Å². The van der Waals surface area contributed by atoms with E-state index < -0.39 is 0 Å². The molecule has 0 aliphatic heterocycles. The van der Waals surface area contributed by atoms with Gasteiger partial charge in [-0.1, -0.05) is 11.6 Å². The molecule has 0 fully saturated rings. The number of aryl methyl sites for hydroxylation is 2. The number of halogens is 1. The first kappa shape index (κ1) is 10.8. The first-order chi connectivity index (χ1) is 7.59. The standard InChI is InChI=1S/C11H10ClN3O/c1-6-3-4-8(5-13-6)11(16)10-9(12)7(2)14-15-10/h3-5H,1-2H3,(H,14,15). The number of nitrogens with one attached hydrogen (secondary N) is 1. The van der Waals surface area contributed by atoms with Crippen LogP contribution in [0.1, 0.15) is 27.4 Å². The third kappa shape index (κ3) is 1.84. The van der Waals surface area contributed by atoms with E-state index in [1.165, 1.54) is 6.20 Å². The molecule has 0 aliphatic carbocycles. The highest BCUT2D eigenvalue weighted by Gasteiger charge is 2.17. The molecule has 0 spiro atoms. The molecule has 0 aliphatic rings. The fourth-order valence-corrected chi connectivity index (χ4v) is 1.48. The molecule has 4 nitrogen and oxygen atoms in total. The molecule has 0 saturated carbocycles. The quantitative estimate of drug-likeness (QED) is 0.813. The van der Waals surface area contributed by atoms with E-state index in [1.807, 2.05) is 6.92 Å². The zero-order valence-electron chi connectivity index (χ0n) is 8.91. The number of rotatable bonds is 2. The second-order valence-electron chi connectivity index (χ2n) is 3.53. The monoisotopic (exact) mass is 235 g/mol. The minimum atomic E-state index is -0.221. The Morgan fingerprint density at radius 1 is 1.38 bits per heavy atom. The van der Waals surface area contributed by atoms with Gasteiger partial charge in [0.2, 0.25) is 5.78 Å². The molecule has 0 saturated heterocycles. The van der Waals surface area contributed by atoms with Crippen LogP contribution < -0.4 is 0 Å². The van der Waals surface area contributed by atoms with Crippen molar-refractivity contribution in [3.05, 3.63) is 46.0 Å². The maximum Gasteiger partial charge on any atom is 0.216 e. The Labute approximate surface area is 97.7 Å². The third-order valence-electron chi connectivity index (χ3n) is 2.26. The number of H-pyrrole nitrogens is 1. The lowest BCUT2D eigenvalue weighted by Crippen LogP contribution is -2.03. The van der Waals surface area contributed by atoms with Gasteiger partial charge < -0.3 is 0 Å². The minimum Gasteiger partial charge on any atom is -0.287 e.